The summed E-state index contributed by atoms with van der Waals surface area (Å²) in [6.45, 7) is 4.14. The second kappa shape index (κ2) is 4.74. The fraction of sp³-hybridized carbons (Fsp3) is 1.00. The van der Waals surface area contributed by atoms with Crippen LogP contribution in [0.5, 0.6) is 0 Å². The molecule has 0 amide bonds. The van der Waals surface area contributed by atoms with Gasteiger partial charge in [-0.05, 0) is 20.0 Å². The van der Waals surface area contributed by atoms with E-state index in [9.17, 15) is 8.78 Å². The lowest BCUT2D eigenvalue weighted by Gasteiger charge is -2.33. The van der Waals surface area contributed by atoms with Crippen LogP contribution in [0.15, 0.2) is 0 Å². The van der Waals surface area contributed by atoms with E-state index in [1.54, 1.807) is 0 Å². The highest BCUT2D eigenvalue weighted by Gasteiger charge is 2.41. The lowest BCUT2D eigenvalue weighted by atomic mass is 9.86. The first-order chi connectivity index (χ1) is 6.83. The maximum Gasteiger partial charge on any atom is 0.272 e. The molecule has 2 nitrogen and oxygen atoms in total. The number of alkyl halides is 2. The molecule has 1 rings (SSSR count). The molecule has 15 heavy (non-hydrogen) atoms. The van der Waals surface area contributed by atoms with Crippen LogP contribution in [0.1, 0.15) is 20.3 Å². The second-order valence-corrected chi connectivity index (χ2v) is 5.01. The minimum Gasteiger partial charge on any atom is -0.375 e. The maximum atomic E-state index is 13.4. The van der Waals surface area contributed by atoms with Gasteiger partial charge < -0.3 is 9.64 Å². The van der Waals surface area contributed by atoms with Crippen LogP contribution < -0.4 is 0 Å². The first-order valence-corrected chi connectivity index (χ1v) is 5.45. The van der Waals surface area contributed by atoms with E-state index in [2.05, 4.69) is 13.8 Å². The van der Waals surface area contributed by atoms with Crippen molar-refractivity contribution in [3.63, 3.8) is 0 Å². The van der Waals surface area contributed by atoms with Crippen molar-refractivity contribution < 1.29 is 13.5 Å². The lowest BCUT2D eigenvalue weighted by molar-refractivity contribution is -0.0734. The van der Waals surface area contributed by atoms with Crippen LogP contribution in [0.2, 0.25) is 0 Å². The zero-order chi connectivity index (χ0) is 11.6. The van der Waals surface area contributed by atoms with Gasteiger partial charge >= 0.3 is 0 Å². The van der Waals surface area contributed by atoms with E-state index in [0.717, 1.165) is 0 Å². The van der Waals surface area contributed by atoms with Gasteiger partial charge in [0.15, 0.2) is 0 Å². The Balaban J connectivity index is 2.80. The van der Waals surface area contributed by atoms with Crippen molar-refractivity contribution in [1.82, 2.24) is 4.90 Å². The molecule has 90 valence electrons. The third-order valence-corrected chi connectivity index (χ3v) is 3.15. The Bertz CT molecular complexity index is 207. The molecule has 0 N–H and O–H groups in total. The third kappa shape index (κ3) is 3.38. The van der Waals surface area contributed by atoms with E-state index in [0.29, 0.717) is 12.5 Å². The summed E-state index contributed by atoms with van der Waals surface area (Å²) >= 11 is 0. The number of rotatable bonds is 2. The molecule has 1 saturated heterocycles. The highest BCUT2D eigenvalue weighted by Crippen LogP contribution is 2.32. The zero-order valence-corrected chi connectivity index (χ0v) is 9.96. The summed E-state index contributed by atoms with van der Waals surface area (Å²) in [4.78, 5) is 1.90. The Morgan fingerprint density at radius 2 is 1.93 bits per heavy atom. The Hall–Kier alpha value is -0.220. The quantitative estimate of drug-likeness (QED) is 0.709. The second-order valence-electron chi connectivity index (χ2n) is 5.01. The van der Waals surface area contributed by atoms with Crippen LogP contribution in [0.25, 0.3) is 0 Å². The van der Waals surface area contributed by atoms with E-state index in [1.165, 1.54) is 0 Å². The largest absolute Gasteiger partial charge is 0.375 e. The Morgan fingerprint density at radius 1 is 1.33 bits per heavy atom. The molecule has 2 atom stereocenters. The summed E-state index contributed by atoms with van der Waals surface area (Å²) < 4.78 is 31.8. The third-order valence-electron chi connectivity index (χ3n) is 3.15. The molecule has 1 aliphatic heterocycles. The van der Waals surface area contributed by atoms with Crippen LogP contribution in [-0.4, -0.2) is 44.2 Å². The van der Waals surface area contributed by atoms with Gasteiger partial charge in [0.05, 0.1) is 6.61 Å². The summed E-state index contributed by atoms with van der Waals surface area (Å²) in [6.07, 6.45) is -0.0944. The topological polar surface area (TPSA) is 12.5 Å². The molecule has 0 saturated carbocycles. The van der Waals surface area contributed by atoms with Gasteiger partial charge in [0.2, 0.25) is 0 Å². The molecule has 1 aliphatic rings. The summed E-state index contributed by atoms with van der Waals surface area (Å²) in [7, 11) is 3.73. The molecule has 0 aromatic rings. The van der Waals surface area contributed by atoms with Crippen molar-refractivity contribution in [2.24, 2.45) is 11.8 Å². The van der Waals surface area contributed by atoms with Gasteiger partial charge in [-0.2, -0.15) is 0 Å². The Labute approximate surface area is 90.6 Å². The molecule has 0 spiro atoms. The number of halogens is 2. The molecular formula is C11H21F2NO. The lowest BCUT2D eigenvalue weighted by Crippen LogP contribution is -2.41. The average Bonchev–Trinajstić information content (AvgIpc) is 2.23. The predicted octanol–water partition coefficient (Wildman–Crippen LogP) is 2.24. The smallest absolute Gasteiger partial charge is 0.272 e. The van der Waals surface area contributed by atoms with Gasteiger partial charge in [-0.1, -0.05) is 13.8 Å². The fourth-order valence-corrected chi connectivity index (χ4v) is 2.17. The van der Waals surface area contributed by atoms with Crippen molar-refractivity contribution in [1.29, 1.82) is 0 Å². The summed E-state index contributed by atoms with van der Waals surface area (Å²) in [5.41, 5.74) is 0. The van der Waals surface area contributed by atoms with Crippen molar-refractivity contribution >= 4 is 0 Å². The van der Waals surface area contributed by atoms with Crippen LogP contribution in [0, 0.1) is 11.8 Å². The van der Waals surface area contributed by atoms with Gasteiger partial charge in [-0.15, -0.1) is 0 Å². The molecule has 4 heteroatoms. The number of hydrogen-bond donors (Lipinski definition) is 0. The van der Waals surface area contributed by atoms with Gasteiger partial charge in [-0.25, -0.2) is 8.78 Å². The van der Waals surface area contributed by atoms with Crippen molar-refractivity contribution in [2.75, 3.05) is 27.3 Å². The SMILES string of the molecule is CC(C)C1COCC(F)(F)CC1N(C)C. The van der Waals surface area contributed by atoms with Crippen LogP contribution in [0.3, 0.4) is 0 Å². The van der Waals surface area contributed by atoms with E-state index in [1.807, 2.05) is 19.0 Å². The minimum absolute atomic E-state index is 0.0944. The van der Waals surface area contributed by atoms with E-state index >= 15 is 0 Å². The van der Waals surface area contributed by atoms with Crippen molar-refractivity contribution in [3.05, 3.63) is 0 Å². The van der Waals surface area contributed by atoms with Crippen molar-refractivity contribution in [3.8, 4) is 0 Å². The standard InChI is InChI=1S/C11H21F2NO/c1-8(2)9-6-15-7-11(12,13)5-10(9)14(3)4/h8-10H,5-7H2,1-4H3. The Morgan fingerprint density at radius 3 is 2.40 bits per heavy atom. The number of hydrogen-bond acceptors (Lipinski definition) is 2. The van der Waals surface area contributed by atoms with E-state index in [4.69, 9.17) is 4.74 Å². The zero-order valence-electron chi connectivity index (χ0n) is 9.96. The maximum absolute atomic E-state index is 13.4. The highest BCUT2D eigenvalue weighted by molar-refractivity contribution is 4.86. The number of ether oxygens (including phenoxy) is 1. The highest BCUT2D eigenvalue weighted by atomic mass is 19.3. The van der Waals surface area contributed by atoms with Gasteiger partial charge in [-0.3, -0.25) is 0 Å². The molecule has 1 heterocycles. The molecule has 1 fully saturated rings. The fourth-order valence-electron chi connectivity index (χ4n) is 2.17. The molecule has 2 unspecified atom stereocenters. The number of nitrogens with zero attached hydrogens (tertiary/aromatic N) is 1. The van der Waals surface area contributed by atoms with Gasteiger partial charge in [0, 0.05) is 18.4 Å². The molecule has 0 aromatic carbocycles. The molecule has 0 radical (unpaired) electrons. The van der Waals surface area contributed by atoms with Crippen LogP contribution in [-0.2, 0) is 4.74 Å². The summed E-state index contributed by atoms with van der Waals surface area (Å²) in [6, 6.07) is -0.0949. The molecule has 0 aromatic heterocycles. The van der Waals surface area contributed by atoms with Gasteiger partial charge in [0.25, 0.3) is 5.92 Å². The predicted molar refractivity (Wildman–Crippen MR) is 56.2 cm³/mol. The Kier molecular flexibility index (Phi) is 4.06. The summed E-state index contributed by atoms with van der Waals surface area (Å²) in [5, 5.41) is 0. The van der Waals surface area contributed by atoms with E-state index in [-0.39, 0.29) is 18.4 Å². The van der Waals surface area contributed by atoms with Crippen LogP contribution >= 0.6 is 0 Å². The first-order valence-electron chi connectivity index (χ1n) is 5.45. The van der Waals surface area contributed by atoms with Crippen molar-refractivity contribution in [2.45, 2.75) is 32.2 Å². The van der Waals surface area contributed by atoms with Gasteiger partial charge in [0.1, 0.15) is 6.61 Å². The average molecular weight is 221 g/mol. The molecule has 0 bridgehead atoms. The van der Waals surface area contributed by atoms with E-state index < -0.39 is 12.5 Å². The van der Waals surface area contributed by atoms with Crippen LogP contribution in [0.4, 0.5) is 8.78 Å². The summed E-state index contributed by atoms with van der Waals surface area (Å²) in [5.74, 6) is -2.13. The first kappa shape index (κ1) is 12.8. The minimum atomic E-state index is -2.68. The molecular weight excluding hydrogens is 200 g/mol. The molecule has 0 aliphatic carbocycles. The normalized spacial score (nSPS) is 32.0. The monoisotopic (exact) mass is 221 g/mol.